The molecule has 0 aliphatic carbocycles. The van der Waals surface area contributed by atoms with Gasteiger partial charge in [0.15, 0.2) is 0 Å². The van der Waals surface area contributed by atoms with Crippen LogP contribution < -0.4 is 0 Å². The van der Waals surface area contributed by atoms with Crippen LogP contribution >= 0.6 is 24.0 Å². The second kappa shape index (κ2) is 6.82. The van der Waals surface area contributed by atoms with Crippen molar-refractivity contribution >= 4 is 46.3 Å². The minimum absolute atomic E-state index is 0.266. The summed E-state index contributed by atoms with van der Waals surface area (Å²) in [5.41, 5.74) is 0.668. The third kappa shape index (κ3) is 3.48. The summed E-state index contributed by atoms with van der Waals surface area (Å²) in [7, 11) is 0. The van der Waals surface area contributed by atoms with Crippen molar-refractivity contribution in [2.24, 2.45) is 0 Å². The summed E-state index contributed by atoms with van der Waals surface area (Å²) >= 11 is 6.35. The fraction of sp³-hybridized carbons (Fsp3) is 0.286. The van der Waals surface area contributed by atoms with Crippen LogP contribution in [-0.2, 0) is 14.3 Å². The molecule has 110 valence electrons. The van der Waals surface area contributed by atoms with E-state index in [1.165, 1.54) is 4.90 Å². The van der Waals surface area contributed by atoms with Gasteiger partial charge in [-0.15, -0.1) is 0 Å². The molecule has 1 aliphatic heterocycles. The summed E-state index contributed by atoms with van der Waals surface area (Å²) in [4.78, 5) is 30.0. The van der Waals surface area contributed by atoms with Crippen molar-refractivity contribution in [1.82, 2.24) is 9.88 Å². The molecular formula is C14H14N2O3S2. The average molecular weight is 322 g/mol. The van der Waals surface area contributed by atoms with Crippen LogP contribution in [0.15, 0.2) is 29.3 Å². The van der Waals surface area contributed by atoms with Crippen molar-refractivity contribution in [3.63, 3.8) is 0 Å². The van der Waals surface area contributed by atoms with Crippen LogP contribution in [-0.4, -0.2) is 38.7 Å². The number of hydrogen-bond donors (Lipinski definition) is 0. The van der Waals surface area contributed by atoms with E-state index in [9.17, 15) is 9.59 Å². The molecule has 2 heterocycles. The molecular weight excluding hydrogens is 308 g/mol. The first-order valence-electron chi connectivity index (χ1n) is 6.39. The lowest BCUT2D eigenvalue weighted by Crippen LogP contribution is -2.42. The molecule has 1 unspecified atom stereocenters. The molecule has 1 aromatic rings. The molecule has 1 aliphatic rings. The number of esters is 1. The zero-order valence-electron chi connectivity index (χ0n) is 11.6. The molecule has 21 heavy (non-hydrogen) atoms. The molecule has 1 fully saturated rings. The van der Waals surface area contributed by atoms with Crippen LogP contribution in [0, 0.1) is 0 Å². The van der Waals surface area contributed by atoms with Crippen molar-refractivity contribution in [2.45, 2.75) is 19.9 Å². The maximum Gasteiger partial charge on any atom is 0.329 e. The van der Waals surface area contributed by atoms with Crippen molar-refractivity contribution in [3.05, 3.63) is 35.0 Å². The smallest absolute Gasteiger partial charge is 0.329 e. The van der Waals surface area contributed by atoms with E-state index in [0.717, 1.165) is 11.8 Å². The number of ether oxygens (including phenoxy) is 1. The summed E-state index contributed by atoms with van der Waals surface area (Å²) in [5, 5.41) is 0. The summed E-state index contributed by atoms with van der Waals surface area (Å²) in [6.07, 6.45) is 3.31. The van der Waals surface area contributed by atoms with Gasteiger partial charge >= 0.3 is 5.97 Å². The number of pyridine rings is 1. The van der Waals surface area contributed by atoms with Crippen LogP contribution in [0.2, 0.25) is 0 Å². The maximum absolute atomic E-state index is 12.4. The van der Waals surface area contributed by atoms with Crippen molar-refractivity contribution < 1.29 is 14.3 Å². The first-order valence-corrected chi connectivity index (χ1v) is 7.61. The molecule has 2 rings (SSSR count). The SMILES string of the molecule is CCOC(=O)C(C)N1C(=O)/C(=C/c2ccccn2)SC1=S. The van der Waals surface area contributed by atoms with E-state index in [2.05, 4.69) is 4.98 Å². The molecule has 5 nitrogen and oxygen atoms in total. The Balaban J connectivity index is 2.21. The summed E-state index contributed by atoms with van der Waals surface area (Å²) in [5.74, 6) is -0.760. The van der Waals surface area contributed by atoms with E-state index in [4.69, 9.17) is 17.0 Å². The Morgan fingerprint density at radius 1 is 1.57 bits per heavy atom. The van der Waals surface area contributed by atoms with E-state index >= 15 is 0 Å². The van der Waals surface area contributed by atoms with Crippen LogP contribution in [0.3, 0.4) is 0 Å². The molecule has 0 aromatic carbocycles. The molecule has 0 spiro atoms. The first kappa shape index (κ1) is 15.7. The van der Waals surface area contributed by atoms with Crippen LogP contribution in [0.4, 0.5) is 0 Å². The Kier molecular flexibility index (Phi) is 5.08. The number of carbonyl (C=O) groups excluding carboxylic acids is 2. The van der Waals surface area contributed by atoms with E-state index in [1.807, 2.05) is 6.07 Å². The quantitative estimate of drug-likeness (QED) is 0.481. The van der Waals surface area contributed by atoms with Crippen LogP contribution in [0.5, 0.6) is 0 Å². The van der Waals surface area contributed by atoms with Gasteiger partial charge in [0.25, 0.3) is 5.91 Å². The van der Waals surface area contributed by atoms with Gasteiger partial charge in [-0.2, -0.15) is 0 Å². The molecule has 1 atom stereocenters. The van der Waals surface area contributed by atoms with Crippen LogP contribution in [0.1, 0.15) is 19.5 Å². The summed E-state index contributed by atoms with van der Waals surface area (Å²) < 4.78 is 5.28. The Labute approximate surface area is 132 Å². The first-order chi connectivity index (χ1) is 10.0. The highest BCUT2D eigenvalue weighted by atomic mass is 32.2. The number of thiocarbonyl (C=S) groups is 1. The Hall–Kier alpha value is -1.73. The lowest BCUT2D eigenvalue weighted by atomic mass is 10.2. The lowest BCUT2D eigenvalue weighted by molar-refractivity contribution is -0.149. The molecule has 7 heteroatoms. The molecule has 0 bridgehead atoms. The Morgan fingerprint density at radius 2 is 2.33 bits per heavy atom. The van der Waals surface area contributed by atoms with Gasteiger partial charge in [-0.3, -0.25) is 14.7 Å². The fourth-order valence-corrected chi connectivity index (χ4v) is 3.18. The number of carbonyl (C=O) groups is 2. The molecule has 0 N–H and O–H groups in total. The molecule has 1 saturated heterocycles. The third-order valence-corrected chi connectivity index (χ3v) is 4.14. The van der Waals surface area contributed by atoms with Gasteiger partial charge < -0.3 is 4.74 Å². The number of amides is 1. The van der Waals surface area contributed by atoms with E-state index in [-0.39, 0.29) is 12.5 Å². The minimum Gasteiger partial charge on any atom is -0.464 e. The normalized spacial score (nSPS) is 18.2. The second-order valence-corrected chi connectivity index (χ2v) is 5.91. The van der Waals surface area contributed by atoms with Gasteiger partial charge in [0.2, 0.25) is 0 Å². The number of rotatable bonds is 4. The number of nitrogens with zero attached hydrogens (tertiary/aromatic N) is 2. The van der Waals surface area contributed by atoms with E-state index < -0.39 is 12.0 Å². The monoisotopic (exact) mass is 322 g/mol. The molecule has 0 saturated carbocycles. The highest BCUT2D eigenvalue weighted by molar-refractivity contribution is 8.26. The van der Waals surface area contributed by atoms with Gasteiger partial charge in [-0.05, 0) is 32.1 Å². The predicted molar refractivity (Wildman–Crippen MR) is 85.3 cm³/mol. The van der Waals surface area contributed by atoms with Crippen molar-refractivity contribution in [2.75, 3.05) is 6.61 Å². The molecule has 1 amide bonds. The van der Waals surface area contributed by atoms with E-state index in [0.29, 0.717) is 14.9 Å². The van der Waals surface area contributed by atoms with Crippen LogP contribution in [0.25, 0.3) is 6.08 Å². The average Bonchev–Trinajstić information content (AvgIpc) is 2.74. The van der Waals surface area contributed by atoms with Gasteiger partial charge in [0, 0.05) is 6.20 Å². The summed E-state index contributed by atoms with van der Waals surface area (Å²) in [6, 6.07) is 4.69. The largest absolute Gasteiger partial charge is 0.464 e. The van der Waals surface area contributed by atoms with Crippen molar-refractivity contribution in [1.29, 1.82) is 0 Å². The molecule has 0 radical (unpaired) electrons. The number of aromatic nitrogens is 1. The minimum atomic E-state index is -0.730. The zero-order chi connectivity index (χ0) is 15.4. The van der Waals surface area contributed by atoms with Crippen molar-refractivity contribution in [3.8, 4) is 0 Å². The topological polar surface area (TPSA) is 59.5 Å². The van der Waals surface area contributed by atoms with Gasteiger partial charge in [-0.1, -0.05) is 30.0 Å². The maximum atomic E-state index is 12.4. The van der Waals surface area contributed by atoms with Gasteiger partial charge in [0.05, 0.1) is 17.2 Å². The van der Waals surface area contributed by atoms with Gasteiger partial charge in [0.1, 0.15) is 10.4 Å². The highest BCUT2D eigenvalue weighted by Gasteiger charge is 2.38. The Morgan fingerprint density at radius 3 is 2.95 bits per heavy atom. The number of thioether (sulfide) groups is 1. The fourth-order valence-electron chi connectivity index (χ4n) is 1.78. The lowest BCUT2D eigenvalue weighted by Gasteiger charge is -2.21. The second-order valence-electron chi connectivity index (χ2n) is 4.23. The number of hydrogen-bond acceptors (Lipinski definition) is 6. The van der Waals surface area contributed by atoms with E-state index in [1.54, 1.807) is 38.3 Å². The zero-order valence-corrected chi connectivity index (χ0v) is 13.2. The Bertz CT molecular complexity index is 601. The molecule has 1 aromatic heterocycles. The standard InChI is InChI=1S/C14H14N2O3S2/c1-3-19-13(18)9(2)16-12(17)11(21-14(16)20)8-10-6-4-5-7-15-10/h4-9H,3H2,1-2H3/b11-8-. The third-order valence-electron chi connectivity index (χ3n) is 2.81. The highest BCUT2D eigenvalue weighted by Crippen LogP contribution is 2.33. The summed E-state index contributed by atoms with van der Waals surface area (Å²) in [6.45, 7) is 3.59. The van der Waals surface area contributed by atoms with Gasteiger partial charge in [-0.25, -0.2) is 4.79 Å². The predicted octanol–water partition coefficient (Wildman–Crippen LogP) is 2.23.